The van der Waals surface area contributed by atoms with Gasteiger partial charge in [0.05, 0.1) is 0 Å². The number of aryl methyl sites for hydroxylation is 2. The van der Waals surface area contributed by atoms with Gasteiger partial charge in [-0.3, -0.25) is 9.59 Å². The first kappa shape index (κ1) is 25.4. The van der Waals surface area contributed by atoms with E-state index in [4.69, 9.17) is 4.98 Å². The predicted molar refractivity (Wildman–Crippen MR) is 160 cm³/mol. The molecule has 0 spiro atoms. The Morgan fingerprint density at radius 1 is 0.775 bits per heavy atom. The monoisotopic (exact) mass is 529 g/mol. The fourth-order valence-electron chi connectivity index (χ4n) is 5.42. The molecule has 5 aromatic rings. The molecule has 7 nitrogen and oxygen atoms in total. The van der Waals surface area contributed by atoms with Crippen LogP contribution in [0.25, 0.3) is 16.6 Å². The average molecular weight is 530 g/mol. The van der Waals surface area contributed by atoms with Crippen LogP contribution in [-0.2, 0) is 4.79 Å². The van der Waals surface area contributed by atoms with Crippen LogP contribution in [0, 0.1) is 13.8 Å². The van der Waals surface area contributed by atoms with Crippen molar-refractivity contribution in [3.05, 3.63) is 114 Å². The molecule has 0 aliphatic carbocycles. The molecule has 200 valence electrons. The molecule has 7 heteroatoms. The van der Waals surface area contributed by atoms with Crippen LogP contribution in [0.2, 0.25) is 0 Å². The van der Waals surface area contributed by atoms with Gasteiger partial charge in [-0.25, -0.2) is 4.98 Å². The van der Waals surface area contributed by atoms with Gasteiger partial charge in [0.15, 0.2) is 0 Å². The predicted octanol–water partition coefficient (Wildman–Crippen LogP) is 5.77. The van der Waals surface area contributed by atoms with Gasteiger partial charge >= 0.3 is 0 Å². The van der Waals surface area contributed by atoms with Crippen molar-refractivity contribution in [2.45, 2.75) is 13.8 Å². The third-order valence-electron chi connectivity index (χ3n) is 7.36. The number of aromatic nitrogens is 2. The van der Waals surface area contributed by atoms with Crippen LogP contribution in [0.15, 0.2) is 97.2 Å². The fraction of sp³-hybridized carbons (Fsp3) is 0.182. The first-order valence-corrected chi connectivity index (χ1v) is 13.5. The van der Waals surface area contributed by atoms with Crippen molar-refractivity contribution in [2.24, 2.45) is 0 Å². The Bertz CT molecular complexity index is 1660. The maximum absolute atomic E-state index is 13.5. The first-order valence-electron chi connectivity index (χ1n) is 13.5. The highest BCUT2D eigenvalue weighted by Gasteiger charge is 2.25. The van der Waals surface area contributed by atoms with Gasteiger partial charge in [0, 0.05) is 60.5 Å². The molecule has 1 aliphatic heterocycles. The fourth-order valence-corrected chi connectivity index (χ4v) is 5.42. The molecular formula is C33H31N5O2. The maximum Gasteiger partial charge on any atom is 0.298 e. The SMILES string of the molecule is Cc1cc(C)nc(N2CCN(c3ccc(NC(=O)C(=O)c4c(-c5ccccc5)cc5ccccn45)cc3)CC2)c1. The van der Waals surface area contributed by atoms with Crippen LogP contribution in [0.1, 0.15) is 21.7 Å². The number of rotatable bonds is 6. The van der Waals surface area contributed by atoms with Gasteiger partial charge in [-0.05, 0) is 79.6 Å². The van der Waals surface area contributed by atoms with E-state index in [0.717, 1.165) is 60.0 Å². The van der Waals surface area contributed by atoms with E-state index in [-0.39, 0.29) is 0 Å². The number of hydrogen-bond acceptors (Lipinski definition) is 5. The molecule has 0 saturated carbocycles. The minimum atomic E-state index is -0.664. The normalized spacial score (nSPS) is 13.4. The van der Waals surface area contributed by atoms with Crippen molar-refractivity contribution in [1.82, 2.24) is 9.38 Å². The number of pyridine rings is 2. The smallest absolute Gasteiger partial charge is 0.298 e. The van der Waals surface area contributed by atoms with Gasteiger partial charge in [-0.1, -0.05) is 36.4 Å². The van der Waals surface area contributed by atoms with E-state index in [2.05, 4.69) is 34.2 Å². The molecule has 0 radical (unpaired) electrons. The molecule has 1 amide bonds. The summed E-state index contributed by atoms with van der Waals surface area (Å²) in [7, 11) is 0. The molecule has 1 aliphatic rings. The van der Waals surface area contributed by atoms with Gasteiger partial charge in [0.1, 0.15) is 11.5 Å². The van der Waals surface area contributed by atoms with Crippen LogP contribution >= 0.6 is 0 Å². The van der Waals surface area contributed by atoms with Gasteiger partial charge in [-0.15, -0.1) is 0 Å². The Morgan fingerprint density at radius 3 is 2.20 bits per heavy atom. The molecule has 0 atom stereocenters. The van der Waals surface area contributed by atoms with Gasteiger partial charge in [0.2, 0.25) is 0 Å². The van der Waals surface area contributed by atoms with Crippen molar-refractivity contribution < 1.29 is 9.59 Å². The van der Waals surface area contributed by atoms with Crippen LogP contribution in [-0.4, -0.2) is 47.3 Å². The lowest BCUT2D eigenvalue weighted by Crippen LogP contribution is -2.46. The van der Waals surface area contributed by atoms with Crippen LogP contribution < -0.4 is 15.1 Å². The molecule has 1 N–H and O–H groups in total. The Hall–Kier alpha value is -4.91. The second-order valence-electron chi connectivity index (χ2n) is 10.2. The number of Topliss-reactive ketones (excluding diaryl/α,β-unsaturated/α-hetero) is 1. The number of nitrogens with one attached hydrogen (secondary N) is 1. The lowest BCUT2D eigenvalue weighted by atomic mass is 10.0. The Kier molecular flexibility index (Phi) is 6.78. The molecule has 2 aromatic carbocycles. The number of hydrogen-bond donors (Lipinski definition) is 1. The number of anilines is 3. The van der Waals surface area contributed by atoms with Crippen LogP contribution in [0.5, 0.6) is 0 Å². The summed E-state index contributed by atoms with van der Waals surface area (Å²) in [4.78, 5) is 36.0. The van der Waals surface area contributed by atoms with Crippen molar-refractivity contribution in [3.8, 4) is 11.1 Å². The summed E-state index contributed by atoms with van der Waals surface area (Å²) in [6.45, 7) is 7.66. The minimum Gasteiger partial charge on any atom is -0.368 e. The summed E-state index contributed by atoms with van der Waals surface area (Å²) >= 11 is 0. The number of amides is 1. The summed E-state index contributed by atoms with van der Waals surface area (Å²) in [6.07, 6.45) is 1.81. The van der Waals surface area contributed by atoms with Crippen molar-refractivity contribution in [2.75, 3.05) is 41.3 Å². The summed E-state index contributed by atoms with van der Waals surface area (Å²) in [5, 5.41) is 2.81. The minimum absolute atomic E-state index is 0.354. The molecule has 0 unspecified atom stereocenters. The maximum atomic E-state index is 13.5. The number of carbonyl (C=O) groups excluding carboxylic acids is 2. The molecule has 3 aromatic heterocycles. The highest BCUT2D eigenvalue weighted by Crippen LogP contribution is 2.29. The molecule has 4 heterocycles. The molecule has 0 bridgehead atoms. The van der Waals surface area contributed by atoms with Crippen LogP contribution in [0.4, 0.5) is 17.2 Å². The number of fused-ring (bicyclic) bond motifs is 1. The number of piperazine rings is 1. The van der Waals surface area contributed by atoms with E-state index in [9.17, 15) is 9.59 Å². The largest absolute Gasteiger partial charge is 0.368 e. The third kappa shape index (κ3) is 5.06. The van der Waals surface area contributed by atoms with Crippen LogP contribution in [0.3, 0.4) is 0 Å². The third-order valence-corrected chi connectivity index (χ3v) is 7.36. The van der Waals surface area contributed by atoms with Crippen molar-refractivity contribution in [3.63, 3.8) is 0 Å². The molecule has 1 fully saturated rings. The second-order valence-corrected chi connectivity index (χ2v) is 10.2. The van der Waals surface area contributed by atoms with Gasteiger partial charge in [0.25, 0.3) is 11.7 Å². The van der Waals surface area contributed by atoms with Crippen molar-refractivity contribution >= 4 is 34.4 Å². The zero-order valence-electron chi connectivity index (χ0n) is 22.7. The second kappa shape index (κ2) is 10.7. The van der Waals surface area contributed by atoms with E-state index in [1.807, 2.05) is 92.0 Å². The van der Waals surface area contributed by atoms with Crippen molar-refractivity contribution in [1.29, 1.82) is 0 Å². The summed E-state index contributed by atoms with van der Waals surface area (Å²) in [5.74, 6) is -0.209. The van der Waals surface area contributed by atoms with E-state index < -0.39 is 11.7 Å². The topological polar surface area (TPSA) is 70.0 Å². The Morgan fingerprint density at radius 2 is 1.48 bits per heavy atom. The quantitative estimate of drug-likeness (QED) is 0.224. The Labute approximate surface area is 233 Å². The first-order chi connectivity index (χ1) is 19.5. The number of carbonyl (C=O) groups is 2. The molecule has 1 saturated heterocycles. The van der Waals surface area contributed by atoms with E-state index >= 15 is 0 Å². The Balaban J connectivity index is 1.14. The summed E-state index contributed by atoms with van der Waals surface area (Å²) in [6, 6.07) is 29.2. The standard InChI is InChI=1S/C33H31N5O2/c1-23-20-24(2)34-30(21-23)37-18-16-36(17-19-37)27-13-11-26(12-14-27)35-33(40)32(39)31-29(25-8-4-3-5-9-25)22-28-10-6-7-15-38(28)31/h3-15,20-22H,16-19H2,1-2H3,(H,35,40). The van der Waals surface area contributed by atoms with E-state index in [1.54, 1.807) is 4.40 Å². The number of ketones is 1. The van der Waals surface area contributed by atoms with E-state index in [0.29, 0.717) is 11.4 Å². The average Bonchev–Trinajstić information content (AvgIpc) is 3.37. The zero-order valence-corrected chi connectivity index (χ0v) is 22.7. The highest BCUT2D eigenvalue weighted by atomic mass is 16.2. The molecule has 40 heavy (non-hydrogen) atoms. The lowest BCUT2D eigenvalue weighted by Gasteiger charge is -2.37. The van der Waals surface area contributed by atoms with Gasteiger partial charge in [-0.2, -0.15) is 0 Å². The summed E-state index contributed by atoms with van der Waals surface area (Å²) < 4.78 is 1.78. The van der Waals surface area contributed by atoms with E-state index in [1.165, 1.54) is 5.56 Å². The molecule has 6 rings (SSSR count). The number of benzene rings is 2. The molecular weight excluding hydrogens is 498 g/mol. The lowest BCUT2D eigenvalue weighted by molar-refractivity contribution is -0.112. The zero-order chi connectivity index (χ0) is 27.6. The number of nitrogens with zero attached hydrogens (tertiary/aromatic N) is 4. The summed E-state index contributed by atoms with van der Waals surface area (Å²) in [5.41, 5.74) is 6.76. The van der Waals surface area contributed by atoms with Gasteiger partial charge < -0.3 is 19.5 Å². The highest BCUT2D eigenvalue weighted by molar-refractivity contribution is 6.47.